The summed E-state index contributed by atoms with van der Waals surface area (Å²) in [5.41, 5.74) is 0. The Morgan fingerprint density at radius 3 is 2.83 bits per heavy atom. The zero-order chi connectivity index (χ0) is 9.40. The molecule has 0 saturated carbocycles. The van der Waals surface area contributed by atoms with Gasteiger partial charge in [0.2, 0.25) is 0 Å². The maximum absolute atomic E-state index is 10.5. The first-order valence-electron chi connectivity index (χ1n) is 3.64. The van der Waals surface area contributed by atoms with Crippen LogP contribution in [0.5, 0.6) is 0 Å². The van der Waals surface area contributed by atoms with E-state index >= 15 is 0 Å². The Morgan fingerprint density at radius 1 is 1.67 bits per heavy atom. The number of carbonyl (C=O) groups is 2. The number of ether oxygens (including phenoxy) is 1. The SMILES string of the molecule is C=CC(=O)OC=CCC(C)C=O. The normalized spacial score (nSPS) is 12.4. The number of allylic oxidation sites excluding steroid dienone is 1. The minimum atomic E-state index is -0.495. The topological polar surface area (TPSA) is 43.4 Å². The molecule has 1 unspecified atom stereocenters. The summed E-state index contributed by atoms with van der Waals surface area (Å²) in [6.07, 6.45) is 5.39. The van der Waals surface area contributed by atoms with Gasteiger partial charge in [-0.1, -0.05) is 13.5 Å². The third-order valence-electron chi connectivity index (χ3n) is 1.19. The number of hydrogen-bond acceptors (Lipinski definition) is 3. The molecular formula is C9H12O3. The van der Waals surface area contributed by atoms with Gasteiger partial charge in [0, 0.05) is 12.0 Å². The molecule has 0 spiro atoms. The van der Waals surface area contributed by atoms with Crippen molar-refractivity contribution in [1.82, 2.24) is 0 Å². The monoisotopic (exact) mass is 168 g/mol. The zero-order valence-corrected chi connectivity index (χ0v) is 7.03. The van der Waals surface area contributed by atoms with Crippen molar-refractivity contribution in [1.29, 1.82) is 0 Å². The lowest BCUT2D eigenvalue weighted by molar-refractivity contribution is -0.132. The number of esters is 1. The van der Waals surface area contributed by atoms with Gasteiger partial charge in [-0.05, 0) is 12.5 Å². The molecule has 0 bridgehead atoms. The van der Waals surface area contributed by atoms with Gasteiger partial charge in [-0.25, -0.2) is 4.79 Å². The van der Waals surface area contributed by atoms with Crippen LogP contribution in [0.2, 0.25) is 0 Å². The highest BCUT2D eigenvalue weighted by Gasteiger charge is 1.94. The van der Waals surface area contributed by atoms with E-state index in [2.05, 4.69) is 11.3 Å². The maximum Gasteiger partial charge on any atom is 0.334 e. The lowest BCUT2D eigenvalue weighted by Crippen LogP contribution is -1.94. The van der Waals surface area contributed by atoms with Crippen LogP contribution in [0, 0.1) is 5.92 Å². The van der Waals surface area contributed by atoms with Gasteiger partial charge in [-0.2, -0.15) is 0 Å². The Balaban J connectivity index is 3.56. The second-order valence-electron chi connectivity index (χ2n) is 2.36. The fourth-order valence-electron chi connectivity index (χ4n) is 0.489. The molecule has 0 amide bonds. The molecule has 3 heteroatoms. The highest BCUT2D eigenvalue weighted by atomic mass is 16.5. The molecule has 0 heterocycles. The lowest BCUT2D eigenvalue weighted by atomic mass is 10.1. The Labute approximate surface area is 71.7 Å². The number of rotatable bonds is 5. The molecule has 0 aromatic heterocycles. The number of carbonyl (C=O) groups excluding carboxylic acids is 2. The van der Waals surface area contributed by atoms with Gasteiger partial charge in [-0.15, -0.1) is 0 Å². The second-order valence-corrected chi connectivity index (χ2v) is 2.36. The number of aldehydes is 1. The van der Waals surface area contributed by atoms with E-state index in [1.54, 1.807) is 13.0 Å². The Morgan fingerprint density at radius 2 is 2.33 bits per heavy atom. The van der Waals surface area contributed by atoms with Crippen molar-refractivity contribution in [3.63, 3.8) is 0 Å². The van der Waals surface area contributed by atoms with E-state index in [9.17, 15) is 9.59 Å². The van der Waals surface area contributed by atoms with Crippen LogP contribution < -0.4 is 0 Å². The lowest BCUT2D eigenvalue weighted by Gasteiger charge is -1.95. The second kappa shape index (κ2) is 6.34. The molecule has 3 nitrogen and oxygen atoms in total. The van der Waals surface area contributed by atoms with Gasteiger partial charge < -0.3 is 9.53 Å². The third-order valence-corrected chi connectivity index (χ3v) is 1.19. The predicted octanol–water partition coefficient (Wildman–Crippen LogP) is 1.45. The Hall–Kier alpha value is -1.38. The van der Waals surface area contributed by atoms with E-state index in [0.29, 0.717) is 6.42 Å². The smallest absolute Gasteiger partial charge is 0.334 e. The summed E-state index contributed by atoms with van der Waals surface area (Å²) >= 11 is 0. The molecule has 0 aromatic carbocycles. The van der Waals surface area contributed by atoms with Gasteiger partial charge in [0.05, 0.1) is 6.26 Å². The largest absolute Gasteiger partial charge is 0.432 e. The molecule has 0 aromatic rings. The average Bonchev–Trinajstić information content (AvgIpc) is 2.11. The van der Waals surface area contributed by atoms with Gasteiger partial charge >= 0.3 is 5.97 Å². The fourth-order valence-corrected chi connectivity index (χ4v) is 0.489. The molecule has 12 heavy (non-hydrogen) atoms. The van der Waals surface area contributed by atoms with Gasteiger partial charge in [0.15, 0.2) is 0 Å². The summed E-state index contributed by atoms with van der Waals surface area (Å²) in [7, 11) is 0. The van der Waals surface area contributed by atoms with E-state index in [1.807, 2.05) is 0 Å². The molecule has 0 saturated heterocycles. The summed E-state index contributed by atoms with van der Waals surface area (Å²) in [6, 6.07) is 0. The minimum Gasteiger partial charge on any atom is -0.432 e. The summed E-state index contributed by atoms with van der Waals surface area (Å²) in [4.78, 5) is 20.6. The summed E-state index contributed by atoms with van der Waals surface area (Å²) < 4.78 is 4.53. The maximum atomic E-state index is 10.5. The average molecular weight is 168 g/mol. The van der Waals surface area contributed by atoms with Crippen molar-refractivity contribution < 1.29 is 14.3 Å². The zero-order valence-electron chi connectivity index (χ0n) is 7.03. The quantitative estimate of drug-likeness (QED) is 0.270. The van der Waals surface area contributed by atoms with E-state index in [4.69, 9.17) is 0 Å². The van der Waals surface area contributed by atoms with E-state index < -0.39 is 5.97 Å². The van der Waals surface area contributed by atoms with Crippen molar-refractivity contribution in [2.24, 2.45) is 5.92 Å². The third kappa shape index (κ3) is 5.41. The molecule has 0 fully saturated rings. The molecular weight excluding hydrogens is 156 g/mol. The standard InChI is InChI=1S/C9H12O3/c1-3-9(11)12-6-4-5-8(2)7-10/h3-4,6-8H,1,5H2,2H3. The molecule has 66 valence electrons. The molecule has 1 atom stereocenters. The van der Waals surface area contributed by atoms with Crippen LogP contribution in [-0.4, -0.2) is 12.3 Å². The Kier molecular flexibility index (Phi) is 5.61. The molecule has 0 N–H and O–H groups in total. The molecule has 0 aliphatic rings. The summed E-state index contributed by atoms with van der Waals surface area (Å²) in [5.74, 6) is -0.534. The van der Waals surface area contributed by atoms with Crippen LogP contribution >= 0.6 is 0 Å². The van der Waals surface area contributed by atoms with E-state index in [1.165, 1.54) is 6.26 Å². The first kappa shape index (κ1) is 10.6. The van der Waals surface area contributed by atoms with Crippen molar-refractivity contribution in [3.05, 3.63) is 25.0 Å². The van der Waals surface area contributed by atoms with Gasteiger partial charge in [0.25, 0.3) is 0 Å². The summed E-state index contributed by atoms with van der Waals surface area (Å²) in [6.45, 7) is 5.01. The van der Waals surface area contributed by atoms with Crippen LogP contribution in [-0.2, 0) is 14.3 Å². The first-order chi connectivity index (χ1) is 5.70. The van der Waals surface area contributed by atoms with Crippen molar-refractivity contribution in [3.8, 4) is 0 Å². The fraction of sp³-hybridized carbons (Fsp3) is 0.333. The number of hydrogen-bond donors (Lipinski definition) is 0. The van der Waals surface area contributed by atoms with Crippen molar-refractivity contribution in [2.75, 3.05) is 0 Å². The van der Waals surface area contributed by atoms with Crippen LogP contribution in [0.3, 0.4) is 0 Å². The molecule has 0 rings (SSSR count). The van der Waals surface area contributed by atoms with Crippen molar-refractivity contribution in [2.45, 2.75) is 13.3 Å². The van der Waals surface area contributed by atoms with Crippen LogP contribution in [0.25, 0.3) is 0 Å². The highest BCUT2D eigenvalue weighted by Crippen LogP contribution is 1.98. The molecule has 0 aliphatic heterocycles. The molecule has 0 radical (unpaired) electrons. The van der Waals surface area contributed by atoms with Gasteiger partial charge in [-0.3, -0.25) is 0 Å². The predicted molar refractivity (Wildman–Crippen MR) is 45.3 cm³/mol. The highest BCUT2D eigenvalue weighted by molar-refractivity contribution is 5.81. The van der Waals surface area contributed by atoms with E-state index in [-0.39, 0.29) is 5.92 Å². The molecule has 0 aliphatic carbocycles. The van der Waals surface area contributed by atoms with Crippen LogP contribution in [0.4, 0.5) is 0 Å². The van der Waals surface area contributed by atoms with Crippen molar-refractivity contribution >= 4 is 12.3 Å². The van der Waals surface area contributed by atoms with Crippen LogP contribution in [0.15, 0.2) is 25.0 Å². The minimum absolute atomic E-state index is 0.0383. The Bertz CT molecular complexity index is 194. The first-order valence-corrected chi connectivity index (χ1v) is 3.64. The van der Waals surface area contributed by atoms with E-state index in [0.717, 1.165) is 12.4 Å². The van der Waals surface area contributed by atoms with Gasteiger partial charge in [0.1, 0.15) is 6.29 Å². The van der Waals surface area contributed by atoms with Crippen LogP contribution in [0.1, 0.15) is 13.3 Å². The summed E-state index contributed by atoms with van der Waals surface area (Å²) in [5, 5.41) is 0.